The first-order valence-corrected chi connectivity index (χ1v) is 18.5. The number of hydrogen-bond donors (Lipinski definition) is 1. The second-order valence-corrected chi connectivity index (χ2v) is 16.5. The van der Waals surface area contributed by atoms with Gasteiger partial charge in [0, 0.05) is 66.2 Å². The Balaban J connectivity index is 1.55. The van der Waals surface area contributed by atoms with Crippen LogP contribution < -0.4 is 5.32 Å². The lowest BCUT2D eigenvalue weighted by Gasteiger charge is -2.30. The molecular weight excluding hydrogens is 688 g/mol. The molecule has 0 fully saturated rings. The number of ether oxygens (including phenoxy) is 3. The lowest BCUT2D eigenvalue weighted by molar-refractivity contribution is 0.0206. The Bertz CT molecular complexity index is 1570. The zero-order chi connectivity index (χ0) is 38.9. The van der Waals surface area contributed by atoms with Gasteiger partial charge in [0.2, 0.25) is 0 Å². The number of carbonyl (C=O) groups excluding carboxylic acids is 5. The first-order chi connectivity index (χ1) is 24.2. The van der Waals surface area contributed by atoms with Crippen molar-refractivity contribution in [2.24, 2.45) is 0 Å². The van der Waals surface area contributed by atoms with Gasteiger partial charge in [-0.15, -0.1) is 0 Å². The predicted molar refractivity (Wildman–Crippen MR) is 202 cm³/mol. The monoisotopic (exact) mass is 744 g/mol. The van der Waals surface area contributed by atoms with Crippen LogP contribution in [0.1, 0.15) is 122 Å². The van der Waals surface area contributed by atoms with Gasteiger partial charge in [0.1, 0.15) is 16.8 Å². The van der Waals surface area contributed by atoms with Gasteiger partial charge in [-0.3, -0.25) is 14.5 Å². The molecule has 0 atom stereocenters. The summed E-state index contributed by atoms with van der Waals surface area (Å²) in [5, 5.41) is 4.48. The highest BCUT2D eigenvalue weighted by Crippen LogP contribution is 2.34. The Morgan fingerprint density at radius 1 is 0.654 bits per heavy atom. The normalized spacial score (nSPS) is 13.2. The van der Waals surface area contributed by atoms with Gasteiger partial charge in [-0.2, -0.15) is 0 Å². The van der Waals surface area contributed by atoms with E-state index in [1.807, 2.05) is 41.5 Å². The molecule has 0 saturated carbocycles. The molecule has 1 aliphatic rings. The van der Waals surface area contributed by atoms with Crippen LogP contribution in [-0.4, -0.2) is 101 Å². The number of carbonyl (C=O) groups is 5. The van der Waals surface area contributed by atoms with E-state index in [9.17, 15) is 24.0 Å². The van der Waals surface area contributed by atoms with Crippen LogP contribution in [-0.2, 0) is 14.2 Å². The molecule has 0 spiro atoms. The molecule has 3 rings (SSSR count). The van der Waals surface area contributed by atoms with E-state index in [4.69, 9.17) is 25.8 Å². The fraction of sp³-hybridized carbons (Fsp3) is 0.615. The largest absolute Gasteiger partial charge is 0.444 e. The topological polar surface area (TPSA) is 135 Å². The molecule has 5 amide bonds. The van der Waals surface area contributed by atoms with Crippen molar-refractivity contribution in [2.45, 2.75) is 118 Å². The smallest absolute Gasteiger partial charge is 0.410 e. The number of nitrogens with one attached hydrogen (secondary N) is 1. The molecule has 1 aliphatic heterocycles. The molecule has 288 valence electrons. The first-order valence-electron chi connectivity index (χ1n) is 18.2. The highest BCUT2D eigenvalue weighted by atomic mass is 35.5. The van der Waals surface area contributed by atoms with E-state index in [1.54, 1.807) is 60.9 Å². The van der Waals surface area contributed by atoms with Crippen molar-refractivity contribution in [1.29, 1.82) is 0 Å². The summed E-state index contributed by atoms with van der Waals surface area (Å²) in [7, 11) is 0. The third kappa shape index (κ3) is 13.2. The average Bonchev–Trinajstić information content (AvgIpc) is 3.01. The van der Waals surface area contributed by atoms with Gasteiger partial charge in [-0.1, -0.05) is 23.7 Å². The molecule has 0 radical (unpaired) electrons. The van der Waals surface area contributed by atoms with Gasteiger partial charge >= 0.3 is 18.3 Å². The van der Waals surface area contributed by atoms with E-state index in [2.05, 4.69) is 5.32 Å². The molecule has 52 heavy (non-hydrogen) atoms. The van der Waals surface area contributed by atoms with Gasteiger partial charge in [0.05, 0.1) is 0 Å². The van der Waals surface area contributed by atoms with E-state index >= 15 is 0 Å². The molecule has 0 bridgehead atoms. The van der Waals surface area contributed by atoms with Gasteiger partial charge in [0.15, 0.2) is 0 Å². The Labute approximate surface area is 313 Å². The number of nitrogens with zero attached hydrogens (tertiary/aromatic N) is 3. The van der Waals surface area contributed by atoms with Crippen LogP contribution in [0.15, 0.2) is 30.3 Å². The van der Waals surface area contributed by atoms with Crippen LogP contribution in [0, 0.1) is 0 Å². The molecule has 0 aliphatic carbocycles. The SMILES string of the molecule is CC(C)(C)OC(=O)NCCCCN(CCCCN(CCCCN1C(=O)c2cccc3c(Cl)ccc(c23)C1=O)C(=O)OC(C)(C)C)C(=O)OC(C)(C)C. The molecule has 0 aromatic heterocycles. The number of alkyl carbamates (subject to hydrolysis) is 1. The molecule has 1 heterocycles. The fourth-order valence-electron chi connectivity index (χ4n) is 5.67. The summed E-state index contributed by atoms with van der Waals surface area (Å²) in [5.74, 6) is -0.716. The Morgan fingerprint density at radius 2 is 1.12 bits per heavy atom. The van der Waals surface area contributed by atoms with Gasteiger partial charge in [0.25, 0.3) is 11.8 Å². The maximum Gasteiger partial charge on any atom is 0.410 e. The standard InChI is InChI=1S/C39H57ClN4O8/c1-37(2,3)50-34(47)41-21-10-11-22-42(35(48)51-38(4,5)6)23-12-13-24-43(36(49)52-39(7,8)9)25-14-15-26-44-32(45)28-18-16-17-27-30(40)20-19-29(31(27)28)33(44)46/h16-20H,10-15,21-26H2,1-9H3,(H,41,47). The number of amides is 5. The number of benzene rings is 2. The van der Waals surface area contributed by atoms with Crippen molar-refractivity contribution in [3.05, 3.63) is 46.5 Å². The average molecular weight is 745 g/mol. The van der Waals surface area contributed by atoms with Crippen molar-refractivity contribution in [3.8, 4) is 0 Å². The van der Waals surface area contributed by atoms with E-state index in [1.165, 1.54) is 4.90 Å². The molecule has 12 nitrogen and oxygen atoms in total. The summed E-state index contributed by atoms with van der Waals surface area (Å²) in [6.07, 6.45) is 2.20. The van der Waals surface area contributed by atoms with Crippen molar-refractivity contribution < 1.29 is 38.2 Å². The van der Waals surface area contributed by atoms with Gasteiger partial charge in [-0.25, -0.2) is 14.4 Å². The quantitative estimate of drug-likeness (QED) is 0.109. The van der Waals surface area contributed by atoms with Crippen LogP contribution in [0.25, 0.3) is 10.8 Å². The number of imide groups is 1. The summed E-state index contributed by atoms with van der Waals surface area (Å²) in [6.45, 7) is 18.6. The van der Waals surface area contributed by atoms with Crippen molar-refractivity contribution in [2.75, 3.05) is 39.3 Å². The summed E-state index contributed by atoms with van der Waals surface area (Å²) in [4.78, 5) is 69.5. The third-order valence-electron chi connectivity index (χ3n) is 7.93. The summed E-state index contributed by atoms with van der Waals surface area (Å²) >= 11 is 6.35. The number of rotatable bonds is 15. The van der Waals surface area contributed by atoms with Crippen LogP contribution in [0.3, 0.4) is 0 Å². The lowest BCUT2D eigenvalue weighted by atomic mass is 9.94. The second-order valence-electron chi connectivity index (χ2n) is 16.1. The van der Waals surface area contributed by atoms with Gasteiger partial charge in [-0.05, 0) is 119 Å². The predicted octanol–water partition coefficient (Wildman–Crippen LogP) is 8.43. The number of halogens is 1. The summed E-state index contributed by atoms with van der Waals surface area (Å²) in [5.41, 5.74) is -1.03. The van der Waals surface area contributed by atoms with Crippen LogP contribution in [0.2, 0.25) is 5.02 Å². The maximum atomic E-state index is 13.4. The van der Waals surface area contributed by atoms with Gasteiger partial charge < -0.3 is 29.3 Å². The fourth-order valence-corrected chi connectivity index (χ4v) is 5.89. The highest BCUT2D eigenvalue weighted by Gasteiger charge is 2.33. The number of unbranched alkanes of at least 4 members (excludes halogenated alkanes) is 3. The Hall–Kier alpha value is -4.06. The summed E-state index contributed by atoms with van der Waals surface area (Å²) < 4.78 is 16.6. The maximum absolute atomic E-state index is 13.4. The van der Waals surface area contributed by atoms with Crippen molar-refractivity contribution in [1.82, 2.24) is 20.0 Å². The lowest BCUT2D eigenvalue weighted by Crippen LogP contribution is -2.41. The van der Waals surface area contributed by atoms with Crippen LogP contribution in [0.4, 0.5) is 14.4 Å². The highest BCUT2D eigenvalue weighted by molar-refractivity contribution is 6.38. The van der Waals surface area contributed by atoms with Crippen LogP contribution in [0.5, 0.6) is 0 Å². The summed E-state index contributed by atoms with van der Waals surface area (Å²) in [6, 6.07) is 8.61. The van der Waals surface area contributed by atoms with E-state index in [0.717, 1.165) is 0 Å². The zero-order valence-corrected chi connectivity index (χ0v) is 33.1. The molecule has 13 heteroatoms. The van der Waals surface area contributed by atoms with E-state index in [-0.39, 0.29) is 18.4 Å². The minimum atomic E-state index is -0.689. The third-order valence-corrected chi connectivity index (χ3v) is 8.26. The Morgan fingerprint density at radius 3 is 1.62 bits per heavy atom. The molecule has 0 unspecified atom stereocenters. The number of hydrogen-bond acceptors (Lipinski definition) is 8. The minimum Gasteiger partial charge on any atom is -0.444 e. The van der Waals surface area contributed by atoms with Crippen LogP contribution >= 0.6 is 11.6 Å². The zero-order valence-electron chi connectivity index (χ0n) is 32.4. The minimum absolute atomic E-state index is 0.205. The van der Waals surface area contributed by atoms with E-state index < -0.39 is 35.1 Å². The molecule has 2 aromatic carbocycles. The van der Waals surface area contributed by atoms with E-state index in [0.29, 0.717) is 98.2 Å². The van der Waals surface area contributed by atoms with Crippen molar-refractivity contribution in [3.63, 3.8) is 0 Å². The Kier molecular flexibility index (Phi) is 14.8. The second kappa shape index (κ2) is 18.1. The first kappa shape index (κ1) is 42.4. The molecule has 0 saturated heterocycles. The van der Waals surface area contributed by atoms with Crippen molar-refractivity contribution >= 4 is 52.5 Å². The molecular formula is C39H57ClN4O8. The molecule has 1 N–H and O–H groups in total. The molecule has 2 aromatic rings.